The predicted molar refractivity (Wildman–Crippen MR) is 61.9 cm³/mol. The van der Waals surface area contributed by atoms with E-state index in [1.165, 1.54) is 17.5 Å². The molecule has 0 radical (unpaired) electrons. The van der Waals surface area contributed by atoms with Crippen molar-refractivity contribution in [3.05, 3.63) is 33.7 Å². The molecule has 0 spiro atoms. The summed E-state index contributed by atoms with van der Waals surface area (Å²) in [6.07, 6.45) is 3.05. The molecular formula is C8H6N4OS2. The quantitative estimate of drug-likeness (QED) is 0.745. The van der Waals surface area contributed by atoms with Crippen LogP contribution in [0.2, 0.25) is 0 Å². The average molecular weight is 238 g/mol. The number of thiocarbonyl (C=S) groups is 1. The monoisotopic (exact) mass is 238 g/mol. The van der Waals surface area contributed by atoms with Gasteiger partial charge in [-0.15, -0.1) is 11.3 Å². The third-order valence-electron chi connectivity index (χ3n) is 1.77. The summed E-state index contributed by atoms with van der Waals surface area (Å²) < 4.78 is 0. The van der Waals surface area contributed by atoms with E-state index in [1.54, 1.807) is 11.6 Å². The molecule has 0 saturated carbocycles. The summed E-state index contributed by atoms with van der Waals surface area (Å²) in [5.41, 5.74) is 6.00. The third kappa shape index (κ3) is 1.79. The van der Waals surface area contributed by atoms with Crippen LogP contribution in [0, 0.1) is 0 Å². The first-order valence-electron chi connectivity index (χ1n) is 3.97. The minimum atomic E-state index is -0.338. The summed E-state index contributed by atoms with van der Waals surface area (Å²) >= 11 is 6.19. The maximum absolute atomic E-state index is 11.6. The lowest BCUT2D eigenvalue weighted by atomic mass is 10.2. The Hall–Kier alpha value is -1.60. The van der Waals surface area contributed by atoms with Crippen molar-refractivity contribution in [2.24, 2.45) is 5.73 Å². The molecule has 2 heterocycles. The average Bonchev–Trinajstić information content (AvgIpc) is 2.70. The van der Waals surface area contributed by atoms with Gasteiger partial charge in [0.2, 0.25) is 0 Å². The fourth-order valence-corrected chi connectivity index (χ4v) is 1.99. The number of aromatic nitrogens is 3. The molecule has 0 amide bonds. The number of thiazole rings is 1. The number of nitrogens with zero attached hydrogens (tertiary/aromatic N) is 2. The van der Waals surface area contributed by atoms with Crippen LogP contribution in [-0.4, -0.2) is 20.2 Å². The Bertz CT molecular complexity index is 546. The van der Waals surface area contributed by atoms with Crippen LogP contribution >= 0.6 is 23.6 Å². The molecule has 0 aromatic carbocycles. The molecule has 76 valence electrons. The predicted octanol–water partition coefficient (Wildman–Crippen LogP) is 0.528. The fraction of sp³-hybridized carbons (Fsp3) is 0. The molecule has 0 aliphatic carbocycles. The standard InChI is InChI=1S/C8H6N4OS2/c9-6(14)4-3-11-12-7(13)5(4)8-10-1-2-15-8/h1-3H,(H2,9,14)(H,12,13). The molecule has 2 aromatic heterocycles. The van der Waals surface area contributed by atoms with Crippen molar-refractivity contribution in [2.45, 2.75) is 0 Å². The normalized spacial score (nSPS) is 10.1. The van der Waals surface area contributed by atoms with Crippen LogP contribution in [-0.2, 0) is 0 Å². The highest BCUT2D eigenvalue weighted by Gasteiger charge is 2.14. The summed E-state index contributed by atoms with van der Waals surface area (Å²) in [4.78, 5) is 15.8. The van der Waals surface area contributed by atoms with Crippen LogP contribution in [0.3, 0.4) is 0 Å². The summed E-state index contributed by atoms with van der Waals surface area (Å²) in [6, 6.07) is 0. The van der Waals surface area contributed by atoms with E-state index >= 15 is 0 Å². The molecule has 0 unspecified atom stereocenters. The van der Waals surface area contributed by atoms with E-state index in [0.29, 0.717) is 16.1 Å². The first kappa shape index (κ1) is 9.94. The molecule has 15 heavy (non-hydrogen) atoms. The number of H-pyrrole nitrogens is 1. The minimum Gasteiger partial charge on any atom is -0.389 e. The maximum atomic E-state index is 11.6. The summed E-state index contributed by atoms with van der Waals surface area (Å²) in [7, 11) is 0. The lowest BCUT2D eigenvalue weighted by Gasteiger charge is -2.02. The van der Waals surface area contributed by atoms with Crippen LogP contribution in [0.5, 0.6) is 0 Å². The van der Waals surface area contributed by atoms with E-state index in [2.05, 4.69) is 15.2 Å². The summed E-state index contributed by atoms with van der Waals surface area (Å²) in [5, 5.41) is 8.34. The molecule has 0 aliphatic rings. The highest BCUT2D eigenvalue weighted by Crippen LogP contribution is 2.20. The van der Waals surface area contributed by atoms with Crippen LogP contribution in [0.25, 0.3) is 10.6 Å². The van der Waals surface area contributed by atoms with Crippen molar-refractivity contribution in [1.29, 1.82) is 0 Å². The Morgan fingerprint density at radius 1 is 1.60 bits per heavy atom. The molecule has 0 fully saturated rings. The molecule has 5 nitrogen and oxygen atoms in total. The van der Waals surface area contributed by atoms with Gasteiger partial charge in [-0.3, -0.25) is 4.79 Å². The van der Waals surface area contributed by atoms with E-state index in [-0.39, 0.29) is 10.5 Å². The second-order valence-corrected chi connectivity index (χ2v) is 4.02. The molecule has 0 bridgehead atoms. The van der Waals surface area contributed by atoms with E-state index in [1.807, 2.05) is 0 Å². The van der Waals surface area contributed by atoms with Crippen molar-refractivity contribution in [2.75, 3.05) is 0 Å². The van der Waals surface area contributed by atoms with Crippen molar-refractivity contribution < 1.29 is 0 Å². The zero-order valence-corrected chi connectivity index (χ0v) is 9.06. The Labute approximate surface area is 94.0 Å². The molecular weight excluding hydrogens is 232 g/mol. The Morgan fingerprint density at radius 2 is 2.40 bits per heavy atom. The second kappa shape index (κ2) is 3.87. The zero-order valence-electron chi connectivity index (χ0n) is 7.43. The topological polar surface area (TPSA) is 84.7 Å². The van der Waals surface area contributed by atoms with Gasteiger partial charge in [0.05, 0.1) is 11.8 Å². The molecule has 0 aliphatic heterocycles. The number of nitrogens with one attached hydrogen (secondary N) is 1. The SMILES string of the molecule is NC(=S)c1cn[nH]c(=O)c1-c1nccs1. The number of rotatable bonds is 2. The number of hydrogen-bond acceptors (Lipinski definition) is 5. The summed E-state index contributed by atoms with van der Waals surface area (Å²) in [6.45, 7) is 0. The lowest BCUT2D eigenvalue weighted by molar-refractivity contribution is 0.987. The van der Waals surface area contributed by atoms with Gasteiger partial charge in [-0.1, -0.05) is 12.2 Å². The largest absolute Gasteiger partial charge is 0.389 e. The molecule has 2 aromatic rings. The van der Waals surface area contributed by atoms with Crippen molar-refractivity contribution in [3.63, 3.8) is 0 Å². The number of hydrogen-bond donors (Lipinski definition) is 2. The highest BCUT2D eigenvalue weighted by molar-refractivity contribution is 7.80. The zero-order chi connectivity index (χ0) is 10.8. The van der Waals surface area contributed by atoms with Crippen LogP contribution < -0.4 is 11.3 Å². The first-order chi connectivity index (χ1) is 7.20. The van der Waals surface area contributed by atoms with E-state index in [4.69, 9.17) is 18.0 Å². The first-order valence-corrected chi connectivity index (χ1v) is 5.26. The minimum absolute atomic E-state index is 0.138. The number of nitrogens with two attached hydrogens (primary N) is 1. The molecule has 0 atom stereocenters. The van der Waals surface area contributed by atoms with Gasteiger partial charge in [0.15, 0.2) is 0 Å². The second-order valence-electron chi connectivity index (χ2n) is 2.69. The Balaban J connectivity index is 2.74. The molecule has 2 rings (SSSR count). The van der Waals surface area contributed by atoms with Gasteiger partial charge in [0.25, 0.3) is 5.56 Å². The van der Waals surface area contributed by atoms with Gasteiger partial charge in [-0.05, 0) is 0 Å². The van der Waals surface area contributed by atoms with Gasteiger partial charge < -0.3 is 5.73 Å². The highest BCUT2D eigenvalue weighted by atomic mass is 32.1. The Morgan fingerprint density at radius 3 is 3.00 bits per heavy atom. The Kier molecular flexibility index (Phi) is 2.57. The third-order valence-corrected chi connectivity index (χ3v) is 2.78. The molecule has 0 saturated heterocycles. The number of aromatic amines is 1. The maximum Gasteiger partial charge on any atom is 0.275 e. The lowest BCUT2D eigenvalue weighted by Crippen LogP contribution is -2.19. The fourth-order valence-electron chi connectivity index (χ4n) is 1.14. The van der Waals surface area contributed by atoms with Crippen LogP contribution in [0.1, 0.15) is 5.56 Å². The smallest absolute Gasteiger partial charge is 0.275 e. The van der Waals surface area contributed by atoms with Gasteiger partial charge in [-0.25, -0.2) is 10.1 Å². The van der Waals surface area contributed by atoms with E-state index < -0.39 is 0 Å². The van der Waals surface area contributed by atoms with E-state index in [0.717, 1.165) is 0 Å². The van der Waals surface area contributed by atoms with Crippen molar-refractivity contribution in [1.82, 2.24) is 15.2 Å². The van der Waals surface area contributed by atoms with Crippen molar-refractivity contribution in [3.8, 4) is 10.6 Å². The van der Waals surface area contributed by atoms with E-state index in [9.17, 15) is 4.79 Å². The van der Waals surface area contributed by atoms with Crippen LogP contribution in [0.15, 0.2) is 22.6 Å². The summed E-state index contributed by atoms with van der Waals surface area (Å²) in [5.74, 6) is 0. The van der Waals surface area contributed by atoms with Gasteiger partial charge in [0, 0.05) is 17.1 Å². The van der Waals surface area contributed by atoms with Crippen molar-refractivity contribution >= 4 is 28.5 Å². The molecule has 3 N–H and O–H groups in total. The van der Waals surface area contributed by atoms with Gasteiger partial charge in [-0.2, -0.15) is 5.10 Å². The van der Waals surface area contributed by atoms with Gasteiger partial charge >= 0.3 is 0 Å². The van der Waals surface area contributed by atoms with Gasteiger partial charge in [0.1, 0.15) is 10.00 Å². The molecule has 7 heteroatoms. The van der Waals surface area contributed by atoms with Crippen LogP contribution in [0.4, 0.5) is 0 Å².